The molecule has 5 heteroatoms. The fraction of sp³-hybridized carbons (Fsp3) is 0.158. The number of carbonyl (C=O) groups is 1. The summed E-state index contributed by atoms with van der Waals surface area (Å²) in [7, 11) is 0. The smallest absolute Gasteiger partial charge is 0.344 e. The number of benzene rings is 2. The summed E-state index contributed by atoms with van der Waals surface area (Å²) in [4.78, 5) is 15.6. The zero-order valence-electron chi connectivity index (χ0n) is 13.3. The Hall–Kier alpha value is -3.08. The van der Waals surface area contributed by atoms with E-state index in [2.05, 4.69) is 4.98 Å². The van der Waals surface area contributed by atoms with Gasteiger partial charge in [0.1, 0.15) is 11.5 Å². The lowest BCUT2D eigenvalue weighted by atomic mass is 10.2. The predicted octanol–water partition coefficient (Wildman–Crippen LogP) is 3.97. The lowest BCUT2D eigenvalue weighted by Gasteiger charge is -2.09. The molecule has 0 radical (unpaired) electrons. The first-order valence-corrected chi connectivity index (χ1v) is 7.66. The average Bonchev–Trinajstić information content (AvgIpc) is 2.62. The molecule has 0 unspecified atom stereocenters. The number of esters is 1. The van der Waals surface area contributed by atoms with E-state index in [9.17, 15) is 4.79 Å². The van der Waals surface area contributed by atoms with Crippen LogP contribution in [0.15, 0.2) is 60.8 Å². The van der Waals surface area contributed by atoms with Crippen LogP contribution in [0.1, 0.15) is 6.92 Å². The Kier molecular flexibility index (Phi) is 4.91. The highest BCUT2D eigenvalue weighted by Gasteiger charge is 2.06. The summed E-state index contributed by atoms with van der Waals surface area (Å²) < 4.78 is 16.0. The summed E-state index contributed by atoms with van der Waals surface area (Å²) in [5, 5.41) is 2.01. The molecule has 3 rings (SSSR count). The molecule has 122 valence electrons. The molecule has 3 aromatic rings. The van der Waals surface area contributed by atoms with E-state index in [1.165, 1.54) is 0 Å². The Bertz CT molecular complexity index is 825. The van der Waals surface area contributed by atoms with E-state index >= 15 is 0 Å². The highest BCUT2D eigenvalue weighted by Crippen LogP contribution is 2.28. The maximum absolute atomic E-state index is 11.3. The minimum atomic E-state index is -0.391. The number of hydrogen-bond donors (Lipinski definition) is 0. The van der Waals surface area contributed by atoms with Crippen LogP contribution in [0.4, 0.5) is 0 Å². The van der Waals surface area contributed by atoms with Gasteiger partial charge in [-0.3, -0.25) is 0 Å². The van der Waals surface area contributed by atoms with Gasteiger partial charge in [-0.1, -0.05) is 18.2 Å². The molecule has 5 nitrogen and oxygen atoms in total. The Morgan fingerprint density at radius 2 is 1.75 bits per heavy atom. The predicted molar refractivity (Wildman–Crippen MR) is 90.4 cm³/mol. The molecule has 24 heavy (non-hydrogen) atoms. The zero-order valence-corrected chi connectivity index (χ0v) is 13.3. The Labute approximate surface area is 139 Å². The largest absolute Gasteiger partial charge is 0.482 e. The van der Waals surface area contributed by atoms with Crippen molar-refractivity contribution in [2.24, 2.45) is 0 Å². The summed E-state index contributed by atoms with van der Waals surface area (Å²) in [6, 6.07) is 16.8. The number of rotatable bonds is 6. The highest BCUT2D eigenvalue weighted by atomic mass is 16.6. The summed E-state index contributed by atoms with van der Waals surface area (Å²) in [6.07, 6.45) is 1.72. The van der Waals surface area contributed by atoms with Crippen LogP contribution in [0, 0.1) is 0 Å². The molecular weight excluding hydrogens is 306 g/mol. The molecule has 1 aromatic heterocycles. The fourth-order valence-electron chi connectivity index (χ4n) is 2.23. The molecule has 0 aliphatic carbocycles. The van der Waals surface area contributed by atoms with Crippen molar-refractivity contribution in [2.45, 2.75) is 6.92 Å². The first-order valence-electron chi connectivity index (χ1n) is 7.66. The van der Waals surface area contributed by atoms with Gasteiger partial charge in [0.2, 0.25) is 5.88 Å². The maximum Gasteiger partial charge on any atom is 0.344 e. The minimum Gasteiger partial charge on any atom is -0.482 e. The third kappa shape index (κ3) is 3.81. The van der Waals surface area contributed by atoms with Crippen molar-refractivity contribution in [2.75, 3.05) is 13.2 Å². The van der Waals surface area contributed by atoms with E-state index < -0.39 is 5.97 Å². The molecule has 1 heterocycles. The van der Waals surface area contributed by atoms with Gasteiger partial charge in [-0.2, -0.15) is 0 Å². The van der Waals surface area contributed by atoms with E-state index in [0.29, 0.717) is 24.0 Å². The van der Waals surface area contributed by atoms with Crippen LogP contribution >= 0.6 is 0 Å². The van der Waals surface area contributed by atoms with Gasteiger partial charge >= 0.3 is 5.97 Å². The van der Waals surface area contributed by atoms with Crippen molar-refractivity contribution in [3.63, 3.8) is 0 Å². The Morgan fingerprint density at radius 1 is 1.00 bits per heavy atom. The number of aromatic nitrogens is 1. The maximum atomic E-state index is 11.3. The van der Waals surface area contributed by atoms with E-state index in [4.69, 9.17) is 14.2 Å². The van der Waals surface area contributed by atoms with E-state index in [0.717, 1.165) is 10.8 Å². The molecule has 0 spiro atoms. The summed E-state index contributed by atoms with van der Waals surface area (Å²) in [6.45, 7) is 1.98. The molecule has 0 amide bonds. The molecule has 0 aliphatic rings. The molecule has 2 aromatic carbocycles. The molecule has 0 atom stereocenters. The minimum absolute atomic E-state index is 0.112. The molecule has 0 aliphatic heterocycles. The summed E-state index contributed by atoms with van der Waals surface area (Å²) >= 11 is 0. The number of ether oxygens (including phenoxy) is 3. The van der Waals surface area contributed by atoms with Crippen LogP contribution in [0.3, 0.4) is 0 Å². The van der Waals surface area contributed by atoms with Crippen LogP contribution in [-0.2, 0) is 9.53 Å². The van der Waals surface area contributed by atoms with Gasteiger partial charge in [0.05, 0.1) is 6.61 Å². The number of pyridine rings is 1. The average molecular weight is 323 g/mol. The topological polar surface area (TPSA) is 57.7 Å². The molecule has 0 fully saturated rings. The fourth-order valence-corrected chi connectivity index (χ4v) is 2.23. The number of hydrogen-bond acceptors (Lipinski definition) is 5. The van der Waals surface area contributed by atoms with Crippen LogP contribution in [-0.4, -0.2) is 24.2 Å². The van der Waals surface area contributed by atoms with Crippen LogP contribution in [0.2, 0.25) is 0 Å². The van der Waals surface area contributed by atoms with Gasteiger partial charge in [-0.15, -0.1) is 0 Å². The van der Waals surface area contributed by atoms with E-state index in [1.807, 2.05) is 30.3 Å². The standard InChI is InChI=1S/C19H17NO4/c1-2-22-18(21)13-23-15-7-9-16(10-8-15)24-19-17-6-4-3-5-14(17)11-12-20-19/h3-12H,2,13H2,1H3. The van der Waals surface area contributed by atoms with Crippen molar-refractivity contribution in [3.05, 3.63) is 60.8 Å². The summed E-state index contributed by atoms with van der Waals surface area (Å²) in [5.41, 5.74) is 0. The van der Waals surface area contributed by atoms with Gasteiger partial charge in [0.25, 0.3) is 0 Å². The molecule has 0 N–H and O–H groups in total. The van der Waals surface area contributed by atoms with Gasteiger partial charge < -0.3 is 14.2 Å². The molecule has 0 saturated carbocycles. The Balaban J connectivity index is 1.68. The van der Waals surface area contributed by atoms with Gasteiger partial charge in [-0.25, -0.2) is 9.78 Å². The molecular formula is C19H17NO4. The monoisotopic (exact) mass is 323 g/mol. The number of carbonyl (C=O) groups excluding carboxylic acids is 1. The van der Waals surface area contributed by atoms with E-state index in [1.54, 1.807) is 37.4 Å². The van der Waals surface area contributed by atoms with Crippen molar-refractivity contribution >= 4 is 16.7 Å². The lowest BCUT2D eigenvalue weighted by Crippen LogP contribution is -2.14. The van der Waals surface area contributed by atoms with E-state index in [-0.39, 0.29) is 6.61 Å². The second kappa shape index (κ2) is 7.46. The van der Waals surface area contributed by atoms with Crippen LogP contribution in [0.5, 0.6) is 17.4 Å². The van der Waals surface area contributed by atoms with Gasteiger partial charge in [-0.05, 0) is 48.7 Å². The third-order valence-corrected chi connectivity index (χ3v) is 3.34. The highest BCUT2D eigenvalue weighted by molar-refractivity contribution is 5.86. The van der Waals surface area contributed by atoms with Crippen molar-refractivity contribution in [1.82, 2.24) is 4.98 Å². The van der Waals surface area contributed by atoms with Gasteiger partial charge in [0.15, 0.2) is 6.61 Å². The SMILES string of the molecule is CCOC(=O)COc1ccc(Oc2nccc3ccccc23)cc1. The zero-order chi connectivity index (χ0) is 16.8. The van der Waals surface area contributed by atoms with Crippen LogP contribution < -0.4 is 9.47 Å². The summed E-state index contributed by atoms with van der Waals surface area (Å²) in [5.74, 6) is 1.37. The first kappa shape index (κ1) is 15.8. The quantitative estimate of drug-likeness (QED) is 0.642. The van der Waals surface area contributed by atoms with Crippen molar-refractivity contribution in [3.8, 4) is 17.4 Å². The number of fused-ring (bicyclic) bond motifs is 1. The molecule has 0 saturated heterocycles. The Morgan fingerprint density at radius 3 is 2.54 bits per heavy atom. The molecule has 0 bridgehead atoms. The first-order chi connectivity index (χ1) is 11.8. The third-order valence-electron chi connectivity index (χ3n) is 3.34. The van der Waals surface area contributed by atoms with Crippen molar-refractivity contribution < 1.29 is 19.0 Å². The van der Waals surface area contributed by atoms with Crippen molar-refractivity contribution in [1.29, 1.82) is 0 Å². The van der Waals surface area contributed by atoms with Gasteiger partial charge in [0, 0.05) is 11.6 Å². The second-order valence-corrected chi connectivity index (χ2v) is 5.00. The number of nitrogens with zero attached hydrogens (tertiary/aromatic N) is 1. The lowest BCUT2D eigenvalue weighted by molar-refractivity contribution is -0.145. The van der Waals surface area contributed by atoms with Crippen LogP contribution in [0.25, 0.3) is 10.8 Å². The second-order valence-electron chi connectivity index (χ2n) is 5.00. The normalized spacial score (nSPS) is 10.4.